The number of Topliss-reactive ketones (excluding diaryl/α,β-unsaturated/α-hetero) is 1. The number of hydrogen-bond donors (Lipinski definition) is 0. The second kappa shape index (κ2) is 8.22. The Balaban J connectivity index is 1.38. The summed E-state index contributed by atoms with van der Waals surface area (Å²) in [6.45, 7) is 2.41. The molecule has 31 heavy (non-hydrogen) atoms. The van der Waals surface area contributed by atoms with E-state index in [4.69, 9.17) is 35.3 Å². The first kappa shape index (κ1) is 19.9. The fourth-order valence-corrected chi connectivity index (χ4v) is 3.85. The molecule has 0 radical (unpaired) electrons. The molecule has 0 atom stereocenters. The lowest BCUT2D eigenvalue weighted by molar-refractivity contribution is -0.0165. The van der Waals surface area contributed by atoms with Crippen molar-refractivity contribution in [1.29, 1.82) is 0 Å². The number of ketones is 1. The van der Waals surface area contributed by atoms with E-state index in [1.165, 1.54) is 6.07 Å². The summed E-state index contributed by atoms with van der Waals surface area (Å²) in [5.41, 5.74) is 1.81. The molecule has 160 valence electrons. The summed E-state index contributed by atoms with van der Waals surface area (Å²) < 4.78 is 27.3. The number of benzene rings is 2. The molecule has 1 saturated heterocycles. The van der Waals surface area contributed by atoms with Gasteiger partial charge in [0.15, 0.2) is 12.6 Å². The number of ether oxygens (including phenoxy) is 5. The van der Waals surface area contributed by atoms with Crippen molar-refractivity contribution in [1.82, 2.24) is 4.90 Å². The third-order valence-corrected chi connectivity index (χ3v) is 5.32. The third kappa shape index (κ3) is 3.97. The molecule has 5 rings (SSSR count). The van der Waals surface area contributed by atoms with Crippen molar-refractivity contribution in [2.75, 3.05) is 33.1 Å². The molecule has 3 aliphatic heterocycles. The number of halogens is 1. The lowest BCUT2D eigenvalue weighted by Crippen LogP contribution is -2.42. The monoisotopic (exact) mass is 443 g/mol. The van der Waals surface area contributed by atoms with Gasteiger partial charge in [0.25, 0.3) is 0 Å². The van der Waals surface area contributed by atoms with Crippen LogP contribution in [0.15, 0.2) is 36.1 Å². The minimum absolute atomic E-state index is 0.123. The highest BCUT2D eigenvalue weighted by molar-refractivity contribution is 6.31. The van der Waals surface area contributed by atoms with Gasteiger partial charge in [-0.3, -0.25) is 4.79 Å². The van der Waals surface area contributed by atoms with E-state index >= 15 is 0 Å². The number of carbonyl (C=O) groups is 2. The van der Waals surface area contributed by atoms with Crippen molar-refractivity contribution in [3.8, 4) is 17.2 Å². The number of nitrogens with zero attached hydrogens (tertiary/aromatic N) is 1. The van der Waals surface area contributed by atoms with Crippen molar-refractivity contribution >= 4 is 29.6 Å². The zero-order valence-corrected chi connectivity index (χ0v) is 17.1. The van der Waals surface area contributed by atoms with Crippen LogP contribution in [-0.2, 0) is 16.1 Å². The van der Waals surface area contributed by atoms with Crippen LogP contribution in [0.25, 0.3) is 6.08 Å². The van der Waals surface area contributed by atoms with Gasteiger partial charge in [-0.05, 0) is 30.3 Å². The van der Waals surface area contributed by atoms with E-state index in [1.807, 2.05) is 0 Å². The van der Waals surface area contributed by atoms with Crippen LogP contribution in [-0.4, -0.2) is 49.9 Å². The van der Waals surface area contributed by atoms with Gasteiger partial charge >= 0.3 is 6.09 Å². The van der Waals surface area contributed by atoms with Crippen molar-refractivity contribution in [3.63, 3.8) is 0 Å². The van der Waals surface area contributed by atoms with E-state index in [-0.39, 0.29) is 18.3 Å². The number of hydrogen-bond acceptors (Lipinski definition) is 7. The molecule has 9 heteroatoms. The number of morpholine rings is 1. The molecule has 0 N–H and O–H groups in total. The fraction of sp³-hybridized carbons (Fsp3) is 0.273. The molecule has 0 unspecified atom stereocenters. The molecule has 2 aromatic carbocycles. The van der Waals surface area contributed by atoms with E-state index in [9.17, 15) is 9.59 Å². The number of fused-ring (bicyclic) bond motifs is 2. The van der Waals surface area contributed by atoms with Gasteiger partial charge in [0.1, 0.15) is 17.2 Å². The summed E-state index contributed by atoms with van der Waals surface area (Å²) in [6.07, 6.45) is 1.13. The highest BCUT2D eigenvalue weighted by Gasteiger charge is 2.29. The second-order valence-electron chi connectivity index (χ2n) is 7.16. The predicted molar refractivity (Wildman–Crippen MR) is 110 cm³/mol. The minimum Gasteiger partial charge on any atom is -0.467 e. The predicted octanol–water partition coefficient (Wildman–Crippen LogP) is 3.65. The standard InChI is InChI=1S/C22H18ClNO7/c23-15-7-13(21-14(8-15)11-28-12-29-21)9-19-20(25)17-2-1-16(10-18(17)31-19)30-22(26)24-3-5-27-6-4-24/h1-2,7-10H,3-6,11-12H2. The first-order valence-corrected chi connectivity index (χ1v) is 10.1. The molecule has 0 bridgehead atoms. The number of amides is 1. The second-order valence-corrected chi connectivity index (χ2v) is 7.60. The number of rotatable bonds is 2. The van der Waals surface area contributed by atoms with Crippen molar-refractivity contribution in [3.05, 3.63) is 57.8 Å². The maximum absolute atomic E-state index is 12.8. The van der Waals surface area contributed by atoms with Gasteiger partial charge in [0.05, 0.1) is 25.4 Å². The third-order valence-electron chi connectivity index (χ3n) is 5.11. The largest absolute Gasteiger partial charge is 0.467 e. The van der Waals surface area contributed by atoms with Gasteiger partial charge in [-0.2, -0.15) is 0 Å². The molecule has 0 aromatic heterocycles. The first-order chi connectivity index (χ1) is 15.1. The summed E-state index contributed by atoms with van der Waals surface area (Å²) in [5, 5.41) is 0.500. The van der Waals surface area contributed by atoms with E-state index in [0.29, 0.717) is 66.3 Å². The average molecular weight is 444 g/mol. The topological polar surface area (TPSA) is 83.5 Å². The van der Waals surface area contributed by atoms with Crippen LogP contribution in [0.2, 0.25) is 5.02 Å². The van der Waals surface area contributed by atoms with Crippen LogP contribution in [0.3, 0.4) is 0 Å². The van der Waals surface area contributed by atoms with Crippen LogP contribution in [0.1, 0.15) is 21.5 Å². The Bertz CT molecular complexity index is 1090. The maximum Gasteiger partial charge on any atom is 0.415 e. The Hall–Kier alpha value is -3.07. The highest BCUT2D eigenvalue weighted by atomic mass is 35.5. The SMILES string of the molecule is O=C1C(=Cc2cc(Cl)cc3c2OCOC3)Oc2cc(OC(=O)N3CCOCC3)ccc21. The molecule has 2 aromatic rings. The van der Waals surface area contributed by atoms with Gasteiger partial charge < -0.3 is 28.6 Å². The average Bonchev–Trinajstić information content (AvgIpc) is 3.09. The minimum atomic E-state index is -0.465. The first-order valence-electron chi connectivity index (χ1n) is 9.74. The van der Waals surface area contributed by atoms with Crippen LogP contribution in [0.4, 0.5) is 4.79 Å². The van der Waals surface area contributed by atoms with E-state index in [1.54, 1.807) is 35.2 Å². The van der Waals surface area contributed by atoms with Gasteiger partial charge in [0, 0.05) is 35.3 Å². The molecule has 1 amide bonds. The Morgan fingerprint density at radius 1 is 1.13 bits per heavy atom. The maximum atomic E-state index is 12.8. The van der Waals surface area contributed by atoms with Crippen molar-refractivity contribution in [2.24, 2.45) is 0 Å². The Labute approximate surface area is 182 Å². The van der Waals surface area contributed by atoms with Gasteiger partial charge in [-0.1, -0.05) is 11.6 Å². The summed E-state index contributed by atoms with van der Waals surface area (Å²) in [5.74, 6) is 1.08. The quantitative estimate of drug-likeness (QED) is 0.655. The molecule has 0 saturated carbocycles. The Kier molecular flexibility index (Phi) is 5.27. The fourth-order valence-electron chi connectivity index (χ4n) is 3.60. The van der Waals surface area contributed by atoms with Crippen molar-refractivity contribution in [2.45, 2.75) is 6.61 Å². The zero-order chi connectivity index (χ0) is 21.4. The van der Waals surface area contributed by atoms with Gasteiger partial charge in [-0.15, -0.1) is 0 Å². The summed E-state index contributed by atoms with van der Waals surface area (Å²) in [7, 11) is 0. The molecule has 8 nitrogen and oxygen atoms in total. The highest BCUT2D eigenvalue weighted by Crippen LogP contribution is 2.38. The lowest BCUT2D eigenvalue weighted by atomic mass is 10.1. The normalized spacial score (nSPS) is 18.8. The molecule has 3 heterocycles. The molecule has 3 aliphatic rings. The van der Waals surface area contributed by atoms with Crippen molar-refractivity contribution < 1.29 is 33.3 Å². The van der Waals surface area contributed by atoms with Gasteiger partial charge in [0.2, 0.25) is 5.78 Å². The van der Waals surface area contributed by atoms with E-state index in [0.717, 1.165) is 5.56 Å². The number of allylic oxidation sites excluding steroid dienone is 1. The van der Waals surface area contributed by atoms with Crippen LogP contribution in [0, 0.1) is 0 Å². The van der Waals surface area contributed by atoms with Crippen LogP contribution in [0.5, 0.6) is 17.2 Å². The van der Waals surface area contributed by atoms with Crippen LogP contribution < -0.4 is 14.2 Å². The lowest BCUT2D eigenvalue weighted by Gasteiger charge is -2.25. The van der Waals surface area contributed by atoms with Crippen LogP contribution >= 0.6 is 11.6 Å². The summed E-state index contributed by atoms with van der Waals surface area (Å²) in [4.78, 5) is 26.7. The molecule has 1 fully saturated rings. The molecular weight excluding hydrogens is 426 g/mol. The molecular formula is C22H18ClNO7. The number of carbonyl (C=O) groups excluding carboxylic acids is 2. The van der Waals surface area contributed by atoms with E-state index in [2.05, 4.69) is 0 Å². The van der Waals surface area contributed by atoms with E-state index < -0.39 is 6.09 Å². The molecule has 0 spiro atoms. The Morgan fingerprint density at radius 3 is 2.81 bits per heavy atom. The van der Waals surface area contributed by atoms with Gasteiger partial charge in [-0.25, -0.2) is 4.79 Å². The summed E-state index contributed by atoms with van der Waals surface area (Å²) >= 11 is 6.20. The Morgan fingerprint density at radius 2 is 1.97 bits per heavy atom. The summed E-state index contributed by atoms with van der Waals surface area (Å²) in [6, 6.07) is 8.15. The smallest absolute Gasteiger partial charge is 0.415 e. The molecule has 0 aliphatic carbocycles. The zero-order valence-electron chi connectivity index (χ0n) is 16.4.